The number of rotatable bonds is 4. The lowest BCUT2D eigenvalue weighted by Gasteiger charge is -2.22. The van der Waals surface area contributed by atoms with Crippen molar-refractivity contribution in [2.45, 2.75) is 25.4 Å². The maximum atomic E-state index is 11.2. The topological polar surface area (TPSA) is 60.7 Å². The molecule has 0 aromatic carbocycles. The van der Waals surface area contributed by atoms with E-state index in [-0.39, 0.29) is 11.3 Å². The Morgan fingerprint density at radius 1 is 1.59 bits per heavy atom. The molecular formula is C12H17NO4. The van der Waals surface area contributed by atoms with Gasteiger partial charge in [-0.25, -0.2) is 4.79 Å². The van der Waals surface area contributed by atoms with Gasteiger partial charge in [0.15, 0.2) is 0 Å². The zero-order valence-corrected chi connectivity index (χ0v) is 10.1. The number of methoxy groups -OCH3 is 1. The van der Waals surface area contributed by atoms with Gasteiger partial charge in [0, 0.05) is 12.1 Å². The molecule has 2 rings (SSSR count). The van der Waals surface area contributed by atoms with Crippen LogP contribution in [0.5, 0.6) is 0 Å². The Balaban J connectivity index is 1.91. The van der Waals surface area contributed by atoms with Gasteiger partial charge in [-0.3, -0.25) is 0 Å². The van der Waals surface area contributed by atoms with Crippen LogP contribution in [0.15, 0.2) is 16.5 Å². The summed E-state index contributed by atoms with van der Waals surface area (Å²) in [6.45, 7) is 4.19. The van der Waals surface area contributed by atoms with Crippen LogP contribution in [0, 0.1) is 0 Å². The summed E-state index contributed by atoms with van der Waals surface area (Å²) in [4.78, 5) is 11.2. The number of esters is 1. The van der Waals surface area contributed by atoms with Crippen LogP contribution in [0.2, 0.25) is 0 Å². The van der Waals surface area contributed by atoms with Crippen LogP contribution in [0.3, 0.4) is 0 Å². The molecule has 5 nitrogen and oxygen atoms in total. The van der Waals surface area contributed by atoms with Crippen molar-refractivity contribution in [3.63, 3.8) is 0 Å². The second-order valence-electron chi connectivity index (χ2n) is 4.47. The molecule has 1 aliphatic rings. The predicted octanol–water partition coefficient (Wildman–Crippen LogP) is 1.33. The second-order valence-corrected chi connectivity index (χ2v) is 4.47. The van der Waals surface area contributed by atoms with Crippen LogP contribution in [-0.2, 0) is 16.0 Å². The monoisotopic (exact) mass is 239 g/mol. The lowest BCUT2D eigenvalue weighted by molar-refractivity contribution is 0.0562. The van der Waals surface area contributed by atoms with Crippen molar-refractivity contribution in [3.05, 3.63) is 23.7 Å². The minimum absolute atomic E-state index is 0.00177. The lowest BCUT2D eigenvalue weighted by Crippen LogP contribution is -2.42. The van der Waals surface area contributed by atoms with E-state index in [9.17, 15) is 4.79 Å². The first-order chi connectivity index (χ1) is 8.13. The van der Waals surface area contributed by atoms with Crippen LogP contribution in [0.25, 0.3) is 0 Å². The molecule has 0 saturated carbocycles. The molecule has 1 N–H and O–H groups in total. The molecule has 17 heavy (non-hydrogen) atoms. The summed E-state index contributed by atoms with van der Waals surface area (Å²) in [6, 6.07) is 3.40. The molecule has 94 valence electrons. The maximum Gasteiger partial charge on any atom is 0.373 e. The van der Waals surface area contributed by atoms with Crippen molar-refractivity contribution in [1.29, 1.82) is 0 Å². The summed E-state index contributed by atoms with van der Waals surface area (Å²) >= 11 is 0. The lowest BCUT2D eigenvalue weighted by atomic mass is 10.0. The average Bonchev–Trinajstić information content (AvgIpc) is 2.95. The highest BCUT2D eigenvalue weighted by Gasteiger charge is 2.29. The fourth-order valence-corrected chi connectivity index (χ4v) is 1.79. The quantitative estimate of drug-likeness (QED) is 0.803. The fraction of sp³-hybridized carbons (Fsp3) is 0.583. The number of carbonyl (C=O) groups is 1. The van der Waals surface area contributed by atoms with Crippen molar-refractivity contribution in [2.75, 3.05) is 20.3 Å². The molecule has 1 fully saturated rings. The highest BCUT2D eigenvalue weighted by molar-refractivity contribution is 5.86. The SMILES string of the molecule is COC(=O)c1ccc(CNC2(C)CCOC2)o1. The Labute approximate surface area is 100 Å². The highest BCUT2D eigenvalue weighted by atomic mass is 16.5. The van der Waals surface area contributed by atoms with E-state index in [0.29, 0.717) is 13.2 Å². The standard InChI is InChI=1S/C12H17NO4/c1-12(5-6-16-8-12)13-7-9-3-4-10(17-9)11(14)15-2/h3-4,13H,5-8H2,1-2H3. The molecule has 0 aliphatic carbocycles. The van der Waals surface area contributed by atoms with Gasteiger partial charge in [-0.2, -0.15) is 0 Å². The van der Waals surface area contributed by atoms with E-state index in [1.54, 1.807) is 12.1 Å². The summed E-state index contributed by atoms with van der Waals surface area (Å²) < 4.78 is 15.3. The van der Waals surface area contributed by atoms with E-state index in [4.69, 9.17) is 9.15 Å². The zero-order chi connectivity index (χ0) is 12.3. The van der Waals surface area contributed by atoms with Gasteiger partial charge >= 0.3 is 5.97 Å². The summed E-state index contributed by atoms with van der Waals surface area (Å²) in [5.41, 5.74) is -0.00177. The van der Waals surface area contributed by atoms with Gasteiger partial charge in [0.1, 0.15) is 5.76 Å². The third-order valence-corrected chi connectivity index (χ3v) is 2.96. The molecular weight excluding hydrogens is 222 g/mol. The van der Waals surface area contributed by atoms with Crippen LogP contribution in [-0.4, -0.2) is 31.8 Å². The van der Waals surface area contributed by atoms with E-state index >= 15 is 0 Å². The molecule has 0 bridgehead atoms. The first kappa shape index (κ1) is 12.1. The molecule has 1 aromatic heterocycles. The van der Waals surface area contributed by atoms with Gasteiger partial charge in [0.05, 0.1) is 20.3 Å². The van der Waals surface area contributed by atoms with Crippen molar-refractivity contribution in [1.82, 2.24) is 5.32 Å². The first-order valence-corrected chi connectivity index (χ1v) is 5.63. The fourth-order valence-electron chi connectivity index (χ4n) is 1.79. The normalized spacial score (nSPS) is 23.9. The summed E-state index contributed by atoms with van der Waals surface area (Å²) in [5, 5.41) is 3.37. The molecule has 1 saturated heterocycles. The third-order valence-electron chi connectivity index (χ3n) is 2.96. The number of carbonyl (C=O) groups excluding carboxylic acids is 1. The Morgan fingerprint density at radius 2 is 2.41 bits per heavy atom. The molecule has 1 unspecified atom stereocenters. The minimum atomic E-state index is -0.452. The number of nitrogens with one attached hydrogen (secondary N) is 1. The number of hydrogen-bond donors (Lipinski definition) is 1. The maximum absolute atomic E-state index is 11.2. The minimum Gasteiger partial charge on any atom is -0.463 e. The van der Waals surface area contributed by atoms with Gasteiger partial charge in [0.25, 0.3) is 0 Å². The van der Waals surface area contributed by atoms with Gasteiger partial charge in [-0.05, 0) is 25.5 Å². The highest BCUT2D eigenvalue weighted by Crippen LogP contribution is 2.18. The van der Waals surface area contributed by atoms with Crippen LogP contribution < -0.4 is 5.32 Å². The molecule has 0 amide bonds. The van der Waals surface area contributed by atoms with Crippen LogP contribution >= 0.6 is 0 Å². The second kappa shape index (κ2) is 4.89. The van der Waals surface area contributed by atoms with Crippen LogP contribution in [0.4, 0.5) is 0 Å². The zero-order valence-electron chi connectivity index (χ0n) is 10.1. The Bertz CT molecular complexity index is 393. The van der Waals surface area contributed by atoms with Gasteiger partial charge in [-0.15, -0.1) is 0 Å². The van der Waals surface area contributed by atoms with Gasteiger partial charge in [-0.1, -0.05) is 0 Å². The molecule has 0 spiro atoms. The number of furan rings is 1. The number of hydrogen-bond acceptors (Lipinski definition) is 5. The summed E-state index contributed by atoms with van der Waals surface area (Å²) in [5.74, 6) is 0.502. The smallest absolute Gasteiger partial charge is 0.373 e. The molecule has 2 heterocycles. The van der Waals surface area contributed by atoms with Crippen molar-refractivity contribution in [2.24, 2.45) is 0 Å². The third kappa shape index (κ3) is 2.87. The van der Waals surface area contributed by atoms with E-state index < -0.39 is 5.97 Å². The first-order valence-electron chi connectivity index (χ1n) is 5.63. The number of ether oxygens (including phenoxy) is 2. The molecule has 5 heteroatoms. The molecule has 1 aliphatic heterocycles. The largest absolute Gasteiger partial charge is 0.463 e. The van der Waals surface area contributed by atoms with E-state index in [1.165, 1.54) is 7.11 Å². The average molecular weight is 239 g/mol. The van der Waals surface area contributed by atoms with E-state index in [1.807, 2.05) is 0 Å². The Hall–Kier alpha value is -1.33. The Morgan fingerprint density at radius 3 is 3.06 bits per heavy atom. The predicted molar refractivity (Wildman–Crippen MR) is 60.7 cm³/mol. The van der Waals surface area contributed by atoms with E-state index in [2.05, 4.69) is 17.0 Å². The van der Waals surface area contributed by atoms with E-state index in [0.717, 1.165) is 18.8 Å². The van der Waals surface area contributed by atoms with Gasteiger partial charge < -0.3 is 19.2 Å². The van der Waals surface area contributed by atoms with Crippen molar-refractivity contribution in [3.8, 4) is 0 Å². The molecule has 1 aromatic rings. The molecule has 1 atom stereocenters. The Kier molecular flexibility index (Phi) is 3.49. The van der Waals surface area contributed by atoms with Gasteiger partial charge in [0.2, 0.25) is 5.76 Å². The summed E-state index contributed by atoms with van der Waals surface area (Å²) in [6.07, 6.45) is 0.984. The summed E-state index contributed by atoms with van der Waals surface area (Å²) in [7, 11) is 1.33. The van der Waals surface area contributed by atoms with Crippen LogP contribution in [0.1, 0.15) is 29.7 Å². The van der Waals surface area contributed by atoms with Crippen molar-refractivity contribution >= 4 is 5.97 Å². The van der Waals surface area contributed by atoms with Crippen molar-refractivity contribution < 1.29 is 18.7 Å². The molecule has 0 radical (unpaired) electrons.